The molecule has 0 saturated carbocycles. The van der Waals surface area contributed by atoms with Crippen molar-refractivity contribution in [2.75, 3.05) is 6.67 Å². The van der Waals surface area contributed by atoms with E-state index in [0.717, 1.165) is 11.1 Å². The van der Waals surface area contributed by atoms with Gasteiger partial charge in [0.1, 0.15) is 12.8 Å². The summed E-state index contributed by atoms with van der Waals surface area (Å²) < 4.78 is 37.4. The number of benzene rings is 1. The van der Waals surface area contributed by atoms with Crippen LogP contribution in [-0.2, 0) is 4.79 Å². The van der Waals surface area contributed by atoms with Gasteiger partial charge in [0.2, 0.25) is 0 Å². The van der Waals surface area contributed by atoms with E-state index in [1.54, 1.807) is 54.1 Å². The first-order chi connectivity index (χ1) is 11.0. The maximum Gasteiger partial charge on any atom is 0.315 e. The van der Waals surface area contributed by atoms with Crippen LogP contribution >= 0.6 is 0 Å². The number of aromatic nitrogens is 1. The fraction of sp³-hybridized carbons (Fsp3) is 0.250. The molecule has 1 aromatic heterocycles. The molecule has 1 aromatic carbocycles. The van der Waals surface area contributed by atoms with E-state index in [-0.39, 0.29) is 0 Å². The Labute approximate surface area is 131 Å². The quantitative estimate of drug-likeness (QED) is 0.858. The predicted octanol–water partition coefficient (Wildman–Crippen LogP) is 2.50. The van der Waals surface area contributed by atoms with Gasteiger partial charge in [0.15, 0.2) is 0 Å². The third-order valence-electron chi connectivity index (χ3n) is 3.34. The molecule has 0 aliphatic heterocycles. The number of hydrogen-bond acceptors (Lipinski definition) is 3. The molecule has 7 heteroatoms. The number of amides is 1. The standard InChI is InChI=1S/C16H15F3N2O2/c17-9-13(21-16(23)15(18)19)14(22)12-3-1-10(2-4-12)11-5-7-20-8-6-11/h1-8,13-15,22H,9H2,(H,21,23). The lowest BCUT2D eigenvalue weighted by molar-refractivity contribution is -0.133. The molecule has 2 aromatic rings. The van der Waals surface area contributed by atoms with E-state index in [0.29, 0.717) is 5.56 Å². The lowest BCUT2D eigenvalue weighted by Crippen LogP contribution is -2.43. The molecule has 4 nitrogen and oxygen atoms in total. The smallest absolute Gasteiger partial charge is 0.315 e. The molecule has 2 N–H and O–H groups in total. The Hall–Kier alpha value is -2.41. The normalized spacial score (nSPS) is 13.6. The minimum absolute atomic E-state index is 0.319. The summed E-state index contributed by atoms with van der Waals surface area (Å²) in [4.78, 5) is 14.9. The lowest BCUT2D eigenvalue weighted by atomic mass is 9.99. The summed E-state index contributed by atoms with van der Waals surface area (Å²) in [6.45, 7) is -1.16. The van der Waals surface area contributed by atoms with Gasteiger partial charge < -0.3 is 10.4 Å². The van der Waals surface area contributed by atoms with Gasteiger partial charge in [-0.1, -0.05) is 24.3 Å². The van der Waals surface area contributed by atoms with Crippen molar-refractivity contribution in [2.45, 2.75) is 18.6 Å². The Morgan fingerprint density at radius 3 is 2.17 bits per heavy atom. The van der Waals surface area contributed by atoms with Gasteiger partial charge >= 0.3 is 6.43 Å². The highest BCUT2D eigenvalue weighted by molar-refractivity contribution is 5.79. The number of nitrogens with zero attached hydrogens (tertiary/aromatic N) is 1. The van der Waals surface area contributed by atoms with Gasteiger partial charge in [0.25, 0.3) is 5.91 Å². The van der Waals surface area contributed by atoms with Crippen molar-refractivity contribution < 1.29 is 23.1 Å². The van der Waals surface area contributed by atoms with E-state index in [4.69, 9.17) is 0 Å². The zero-order chi connectivity index (χ0) is 16.8. The average Bonchev–Trinajstić information content (AvgIpc) is 2.59. The molecule has 0 saturated heterocycles. The number of pyridine rings is 1. The van der Waals surface area contributed by atoms with Crippen LogP contribution in [0.4, 0.5) is 13.2 Å². The van der Waals surface area contributed by atoms with E-state index in [2.05, 4.69) is 4.98 Å². The number of aliphatic hydroxyl groups is 1. The molecule has 2 rings (SSSR count). The summed E-state index contributed by atoms with van der Waals surface area (Å²) in [5.74, 6) is -1.61. The zero-order valence-corrected chi connectivity index (χ0v) is 12.0. The van der Waals surface area contributed by atoms with Crippen molar-refractivity contribution in [2.24, 2.45) is 0 Å². The van der Waals surface area contributed by atoms with Gasteiger partial charge in [0.05, 0.1) is 6.04 Å². The minimum Gasteiger partial charge on any atom is -0.386 e. The fourth-order valence-electron chi connectivity index (χ4n) is 2.10. The highest BCUT2D eigenvalue weighted by atomic mass is 19.3. The van der Waals surface area contributed by atoms with Gasteiger partial charge in [-0.3, -0.25) is 9.78 Å². The molecule has 2 atom stereocenters. The first kappa shape index (κ1) is 17.0. The Morgan fingerprint density at radius 2 is 1.65 bits per heavy atom. The summed E-state index contributed by atoms with van der Waals surface area (Å²) >= 11 is 0. The molecule has 0 aliphatic carbocycles. The van der Waals surface area contributed by atoms with Crippen LogP contribution in [0.25, 0.3) is 11.1 Å². The number of rotatable bonds is 6. The minimum atomic E-state index is -3.26. The maximum atomic E-state index is 12.9. The third kappa shape index (κ3) is 4.29. The van der Waals surface area contributed by atoms with Crippen molar-refractivity contribution in [1.82, 2.24) is 10.3 Å². The molecule has 1 heterocycles. The maximum absolute atomic E-state index is 12.9. The van der Waals surface area contributed by atoms with Crippen LogP contribution in [0.1, 0.15) is 11.7 Å². The second-order valence-corrected chi connectivity index (χ2v) is 4.87. The number of halogens is 3. The molecule has 0 aliphatic rings. The predicted molar refractivity (Wildman–Crippen MR) is 78.5 cm³/mol. The second kappa shape index (κ2) is 7.73. The van der Waals surface area contributed by atoms with E-state index in [1.165, 1.54) is 0 Å². The summed E-state index contributed by atoms with van der Waals surface area (Å²) in [5, 5.41) is 11.9. The first-order valence-electron chi connectivity index (χ1n) is 6.86. The number of carbonyl (C=O) groups is 1. The molecule has 122 valence electrons. The van der Waals surface area contributed by atoms with Gasteiger partial charge in [-0.05, 0) is 28.8 Å². The summed E-state index contributed by atoms with van der Waals surface area (Å²) in [5.41, 5.74) is 2.09. The van der Waals surface area contributed by atoms with Gasteiger partial charge in [-0.2, -0.15) is 8.78 Å². The van der Waals surface area contributed by atoms with Crippen LogP contribution < -0.4 is 5.32 Å². The number of hydrogen-bond donors (Lipinski definition) is 2. The second-order valence-electron chi connectivity index (χ2n) is 4.87. The molecule has 23 heavy (non-hydrogen) atoms. The Kier molecular flexibility index (Phi) is 5.70. The first-order valence-corrected chi connectivity index (χ1v) is 6.86. The van der Waals surface area contributed by atoms with Gasteiger partial charge in [-0.15, -0.1) is 0 Å². The zero-order valence-electron chi connectivity index (χ0n) is 12.0. The molecule has 0 bridgehead atoms. The topological polar surface area (TPSA) is 62.2 Å². The van der Waals surface area contributed by atoms with Crippen LogP contribution in [0.3, 0.4) is 0 Å². The number of alkyl halides is 3. The molecule has 0 fully saturated rings. The molecular weight excluding hydrogens is 309 g/mol. The molecule has 2 unspecified atom stereocenters. The SMILES string of the molecule is O=C(NC(CF)C(O)c1ccc(-c2ccncc2)cc1)C(F)F. The number of aliphatic hydroxyl groups excluding tert-OH is 1. The van der Waals surface area contributed by atoms with Crippen molar-refractivity contribution in [3.8, 4) is 11.1 Å². The van der Waals surface area contributed by atoms with E-state index in [9.17, 15) is 23.1 Å². The van der Waals surface area contributed by atoms with Crippen LogP contribution in [-0.4, -0.2) is 35.1 Å². The molecule has 1 amide bonds. The average molecular weight is 324 g/mol. The molecule has 0 radical (unpaired) electrons. The molecule has 0 spiro atoms. The Morgan fingerprint density at radius 1 is 1.09 bits per heavy atom. The number of carbonyl (C=O) groups excluding carboxylic acids is 1. The summed E-state index contributed by atoms with van der Waals surface area (Å²) in [6, 6.07) is 8.70. The highest BCUT2D eigenvalue weighted by Gasteiger charge is 2.26. The van der Waals surface area contributed by atoms with Crippen molar-refractivity contribution in [1.29, 1.82) is 0 Å². The summed E-state index contributed by atoms with van der Waals surface area (Å²) in [7, 11) is 0. The van der Waals surface area contributed by atoms with E-state index in [1.807, 2.05) is 0 Å². The highest BCUT2D eigenvalue weighted by Crippen LogP contribution is 2.23. The monoisotopic (exact) mass is 324 g/mol. The van der Waals surface area contributed by atoms with E-state index >= 15 is 0 Å². The van der Waals surface area contributed by atoms with Crippen LogP contribution in [0.15, 0.2) is 48.8 Å². The molecular formula is C16H15F3N2O2. The van der Waals surface area contributed by atoms with Crippen LogP contribution in [0.2, 0.25) is 0 Å². The van der Waals surface area contributed by atoms with Crippen LogP contribution in [0, 0.1) is 0 Å². The Bertz CT molecular complexity index is 636. The van der Waals surface area contributed by atoms with Crippen molar-refractivity contribution in [3.63, 3.8) is 0 Å². The van der Waals surface area contributed by atoms with Gasteiger partial charge in [-0.25, -0.2) is 4.39 Å². The van der Waals surface area contributed by atoms with E-state index < -0.39 is 31.2 Å². The third-order valence-corrected chi connectivity index (χ3v) is 3.34. The van der Waals surface area contributed by atoms with Crippen molar-refractivity contribution in [3.05, 3.63) is 54.4 Å². The lowest BCUT2D eigenvalue weighted by Gasteiger charge is -2.22. The van der Waals surface area contributed by atoms with Gasteiger partial charge in [0, 0.05) is 12.4 Å². The number of nitrogens with one attached hydrogen (secondary N) is 1. The summed E-state index contributed by atoms with van der Waals surface area (Å²) in [6.07, 6.45) is -1.41. The Balaban J connectivity index is 2.12. The van der Waals surface area contributed by atoms with Crippen LogP contribution in [0.5, 0.6) is 0 Å². The largest absolute Gasteiger partial charge is 0.386 e. The fourth-order valence-corrected chi connectivity index (χ4v) is 2.10. The van der Waals surface area contributed by atoms with Crippen molar-refractivity contribution >= 4 is 5.91 Å².